The van der Waals surface area contributed by atoms with Crippen molar-refractivity contribution in [2.75, 3.05) is 34.4 Å². The van der Waals surface area contributed by atoms with Crippen LogP contribution in [0.2, 0.25) is 0 Å². The molecule has 1 aliphatic heterocycles. The first-order valence-electron chi connectivity index (χ1n) is 17.6. The topological polar surface area (TPSA) is 159 Å². The minimum absolute atomic E-state index is 0.0163. The van der Waals surface area contributed by atoms with Crippen molar-refractivity contribution in [3.05, 3.63) is 52.5 Å². The molecular weight excluding hydrogens is 673 g/mol. The molecular formula is C37H56N6O7S. The van der Waals surface area contributed by atoms with Gasteiger partial charge < -0.3 is 35.2 Å². The predicted molar refractivity (Wildman–Crippen MR) is 196 cm³/mol. The lowest BCUT2D eigenvalue weighted by Gasteiger charge is -2.39. The van der Waals surface area contributed by atoms with E-state index in [4.69, 9.17) is 9.47 Å². The Bertz CT molecular complexity index is 1430. The summed E-state index contributed by atoms with van der Waals surface area (Å²) < 4.78 is 11.9. The van der Waals surface area contributed by atoms with E-state index in [2.05, 4.69) is 20.9 Å². The molecule has 3 N–H and O–H groups in total. The van der Waals surface area contributed by atoms with Gasteiger partial charge in [0.1, 0.15) is 10.5 Å². The Balaban J connectivity index is 1.72. The van der Waals surface area contributed by atoms with Gasteiger partial charge in [0.25, 0.3) is 0 Å². The number of likely N-dealkylation sites (tertiary alicyclic amines) is 1. The average molecular weight is 729 g/mol. The number of nitrogens with zero attached hydrogens (tertiary/aromatic N) is 3. The standard InChI is InChI=1S/C37H56N6O7S/c1-9-24(2)32(42(6)31(46)22-39-36(48)37(4,5)40-23-44)29(49-7)21-30(45)43-18-13-16-28(43)33(50-8)25(3)34(47)41-27(35-38-17-19-51-35)20-26-14-11-10-12-15-26/h10-12,14-15,17,19,23-25,27-29,32-33H,9,13,16,18,20-22H2,1-8H3,(H,39,48)(H,40,44)(H,41,47)/t24-,25+,27-,28-,29+,32-,33+/m0/s1. The first-order valence-corrected chi connectivity index (χ1v) is 18.5. The molecule has 0 aliphatic carbocycles. The maximum absolute atomic E-state index is 14.1. The number of thiazole rings is 1. The maximum atomic E-state index is 14.1. The average Bonchev–Trinajstić information content (AvgIpc) is 3.84. The Morgan fingerprint density at radius 2 is 1.84 bits per heavy atom. The van der Waals surface area contributed by atoms with Crippen molar-refractivity contribution >= 4 is 41.4 Å². The second kappa shape index (κ2) is 19.7. The number of carbonyl (C=O) groups is 5. The van der Waals surface area contributed by atoms with Gasteiger partial charge in [-0.3, -0.25) is 24.0 Å². The fraction of sp³-hybridized carbons (Fsp3) is 0.622. The third kappa shape index (κ3) is 11.1. The third-order valence-corrected chi connectivity index (χ3v) is 10.9. The summed E-state index contributed by atoms with van der Waals surface area (Å²) in [6.45, 7) is 9.15. The number of ether oxygens (including phenoxy) is 2. The summed E-state index contributed by atoms with van der Waals surface area (Å²) in [5.74, 6) is -1.78. The number of carbonyl (C=O) groups excluding carboxylic acids is 5. The van der Waals surface area contributed by atoms with E-state index < -0.39 is 35.6 Å². The summed E-state index contributed by atoms with van der Waals surface area (Å²) in [5.41, 5.74) is -0.105. The summed E-state index contributed by atoms with van der Waals surface area (Å²) >= 11 is 1.49. The Morgan fingerprint density at radius 1 is 1.14 bits per heavy atom. The first kappa shape index (κ1) is 41.5. The Morgan fingerprint density at radius 3 is 2.43 bits per heavy atom. The number of amides is 5. The summed E-state index contributed by atoms with van der Waals surface area (Å²) in [6, 6.07) is 8.84. The van der Waals surface area contributed by atoms with Crippen LogP contribution in [0.5, 0.6) is 0 Å². The predicted octanol–water partition coefficient (Wildman–Crippen LogP) is 3.10. The van der Waals surface area contributed by atoms with Crippen LogP contribution < -0.4 is 16.0 Å². The van der Waals surface area contributed by atoms with Crippen molar-refractivity contribution < 1.29 is 33.4 Å². The SMILES string of the molecule is CC[C@H](C)[C@@H]([C@@H](CC(=O)N1CCC[C@H]1[C@H](OC)[C@@H](C)C(=O)N[C@@H](Cc1ccccc1)c1nccs1)OC)N(C)C(=O)CNC(=O)C(C)(C)NC=O. The molecule has 51 heavy (non-hydrogen) atoms. The molecule has 1 aromatic carbocycles. The van der Waals surface area contributed by atoms with Crippen molar-refractivity contribution in [2.45, 2.75) is 103 Å². The van der Waals surface area contributed by atoms with Gasteiger partial charge in [-0.1, -0.05) is 57.5 Å². The molecule has 1 fully saturated rings. The second-order valence-electron chi connectivity index (χ2n) is 13.8. The molecule has 282 valence electrons. The van der Waals surface area contributed by atoms with Gasteiger partial charge in [-0.05, 0) is 44.6 Å². The number of aromatic nitrogens is 1. The van der Waals surface area contributed by atoms with Crippen LogP contribution in [-0.4, -0.2) is 109 Å². The van der Waals surface area contributed by atoms with E-state index in [1.54, 1.807) is 25.3 Å². The molecule has 1 aliphatic rings. The number of hydrogen-bond donors (Lipinski definition) is 3. The van der Waals surface area contributed by atoms with Crippen LogP contribution >= 0.6 is 11.3 Å². The number of hydrogen-bond acceptors (Lipinski definition) is 9. The van der Waals surface area contributed by atoms with Crippen LogP contribution in [0.25, 0.3) is 0 Å². The molecule has 14 heteroatoms. The Kier molecular flexibility index (Phi) is 16.0. The Hall–Kier alpha value is -3.88. The summed E-state index contributed by atoms with van der Waals surface area (Å²) in [7, 11) is 4.75. The number of methoxy groups -OCH3 is 2. The zero-order valence-corrected chi connectivity index (χ0v) is 32.0. The minimum Gasteiger partial charge on any atom is -0.379 e. The van der Waals surface area contributed by atoms with Gasteiger partial charge in [0.15, 0.2) is 0 Å². The van der Waals surface area contributed by atoms with Gasteiger partial charge in [0.2, 0.25) is 30.0 Å². The molecule has 2 heterocycles. The molecule has 1 aromatic heterocycles. The van der Waals surface area contributed by atoms with Gasteiger partial charge in [-0.15, -0.1) is 11.3 Å². The molecule has 2 aromatic rings. The number of nitrogens with one attached hydrogen (secondary N) is 3. The van der Waals surface area contributed by atoms with Crippen LogP contribution in [0.3, 0.4) is 0 Å². The lowest BCUT2D eigenvalue weighted by Crippen LogP contribution is -2.56. The molecule has 1 saturated heterocycles. The van der Waals surface area contributed by atoms with Crippen LogP contribution in [0.1, 0.15) is 76.9 Å². The Labute approximate surface area is 306 Å². The van der Waals surface area contributed by atoms with Gasteiger partial charge in [0, 0.05) is 39.4 Å². The monoisotopic (exact) mass is 728 g/mol. The van der Waals surface area contributed by atoms with Gasteiger partial charge in [0.05, 0.1) is 49.2 Å². The molecule has 0 radical (unpaired) electrons. The molecule has 3 rings (SSSR count). The number of rotatable bonds is 20. The lowest BCUT2D eigenvalue weighted by atomic mass is 9.90. The van der Waals surface area contributed by atoms with Crippen molar-refractivity contribution in [2.24, 2.45) is 11.8 Å². The highest BCUT2D eigenvalue weighted by atomic mass is 32.1. The highest BCUT2D eigenvalue weighted by Crippen LogP contribution is 2.30. The van der Waals surface area contributed by atoms with E-state index in [-0.39, 0.29) is 48.7 Å². The third-order valence-electron chi connectivity index (χ3n) is 10.0. The van der Waals surface area contributed by atoms with Gasteiger partial charge in [-0.25, -0.2) is 4.98 Å². The maximum Gasteiger partial charge on any atom is 0.245 e. The largest absolute Gasteiger partial charge is 0.379 e. The van der Waals surface area contributed by atoms with E-state index in [0.717, 1.165) is 23.4 Å². The summed E-state index contributed by atoms with van der Waals surface area (Å²) in [5, 5.41) is 11.0. The normalized spacial score (nSPS) is 18.1. The smallest absolute Gasteiger partial charge is 0.245 e. The molecule has 5 amide bonds. The van der Waals surface area contributed by atoms with E-state index in [0.29, 0.717) is 25.8 Å². The summed E-state index contributed by atoms with van der Waals surface area (Å²) in [4.78, 5) is 72.5. The van der Waals surface area contributed by atoms with Crippen LogP contribution in [-0.2, 0) is 39.9 Å². The van der Waals surface area contributed by atoms with E-state index in [1.807, 2.05) is 56.5 Å². The molecule has 13 nitrogen and oxygen atoms in total. The fourth-order valence-corrected chi connectivity index (χ4v) is 7.49. The fourth-order valence-electron chi connectivity index (χ4n) is 6.80. The molecule has 7 atom stereocenters. The van der Waals surface area contributed by atoms with E-state index in [1.165, 1.54) is 37.2 Å². The van der Waals surface area contributed by atoms with Crippen molar-refractivity contribution in [1.29, 1.82) is 0 Å². The minimum atomic E-state index is -1.19. The van der Waals surface area contributed by atoms with Crippen LogP contribution in [0, 0.1) is 11.8 Å². The lowest BCUT2D eigenvalue weighted by molar-refractivity contribution is -0.146. The van der Waals surface area contributed by atoms with Gasteiger partial charge in [-0.2, -0.15) is 0 Å². The summed E-state index contributed by atoms with van der Waals surface area (Å²) in [6.07, 6.45) is 3.75. The van der Waals surface area contributed by atoms with E-state index in [9.17, 15) is 24.0 Å². The zero-order valence-electron chi connectivity index (χ0n) is 31.2. The first-order chi connectivity index (χ1) is 24.3. The zero-order chi connectivity index (χ0) is 37.7. The van der Waals surface area contributed by atoms with E-state index >= 15 is 0 Å². The van der Waals surface area contributed by atoms with Crippen LogP contribution in [0.15, 0.2) is 41.9 Å². The molecule has 0 saturated carbocycles. The molecule has 0 spiro atoms. The highest BCUT2D eigenvalue weighted by molar-refractivity contribution is 7.09. The van der Waals surface area contributed by atoms with Crippen molar-refractivity contribution in [1.82, 2.24) is 30.7 Å². The molecule has 0 bridgehead atoms. The van der Waals surface area contributed by atoms with Crippen molar-refractivity contribution in [3.63, 3.8) is 0 Å². The quantitative estimate of drug-likeness (QED) is 0.176. The van der Waals surface area contributed by atoms with Gasteiger partial charge >= 0.3 is 0 Å². The highest BCUT2D eigenvalue weighted by Gasteiger charge is 2.42. The van der Waals surface area contributed by atoms with Crippen molar-refractivity contribution in [3.8, 4) is 0 Å². The second-order valence-corrected chi connectivity index (χ2v) is 14.8. The number of benzene rings is 1. The number of likely N-dealkylation sites (N-methyl/N-ethyl adjacent to an activating group) is 1. The molecule has 0 unspecified atom stereocenters. The van der Waals surface area contributed by atoms with Crippen LogP contribution in [0.4, 0.5) is 0 Å².